The van der Waals surface area contributed by atoms with Crippen molar-refractivity contribution in [2.75, 3.05) is 32.0 Å². The Kier molecular flexibility index (Phi) is 4.01. The molecule has 0 saturated carbocycles. The third kappa shape index (κ3) is 2.85. The van der Waals surface area contributed by atoms with Crippen molar-refractivity contribution >= 4 is 21.6 Å². The number of carbonyl (C=O) groups is 1. The second kappa shape index (κ2) is 5.54. The maximum Gasteiger partial charge on any atom is 0.263 e. The summed E-state index contributed by atoms with van der Waals surface area (Å²) < 4.78 is 26.2. The highest BCUT2D eigenvalue weighted by molar-refractivity contribution is 7.89. The van der Waals surface area contributed by atoms with Crippen LogP contribution in [0.1, 0.15) is 6.42 Å². The third-order valence-electron chi connectivity index (χ3n) is 2.85. The molecule has 1 aliphatic rings. The standard InChI is InChI=1S/C11H16N4O3S/c1-12-9-4-2-5-14-11(9)19(17,18)15-7-3-6-13-10(16)8-15/h2,4-5,12H,3,6-8H2,1H3,(H,13,16). The molecule has 1 aromatic heterocycles. The van der Waals surface area contributed by atoms with Crippen LogP contribution in [0.2, 0.25) is 0 Å². The number of aromatic nitrogens is 1. The molecule has 104 valence electrons. The van der Waals surface area contributed by atoms with Gasteiger partial charge >= 0.3 is 0 Å². The van der Waals surface area contributed by atoms with E-state index in [2.05, 4.69) is 15.6 Å². The molecular weight excluding hydrogens is 268 g/mol. The summed E-state index contributed by atoms with van der Waals surface area (Å²) in [5.74, 6) is -0.289. The van der Waals surface area contributed by atoms with Crippen LogP contribution in [-0.4, -0.2) is 50.3 Å². The van der Waals surface area contributed by atoms with Gasteiger partial charge in [0.2, 0.25) is 5.91 Å². The average molecular weight is 284 g/mol. The molecule has 0 radical (unpaired) electrons. The lowest BCUT2D eigenvalue weighted by Gasteiger charge is -2.19. The van der Waals surface area contributed by atoms with E-state index in [1.165, 1.54) is 10.5 Å². The molecule has 1 aromatic rings. The zero-order valence-corrected chi connectivity index (χ0v) is 11.4. The van der Waals surface area contributed by atoms with Gasteiger partial charge in [-0.25, -0.2) is 13.4 Å². The first-order valence-electron chi connectivity index (χ1n) is 5.95. The van der Waals surface area contributed by atoms with Crippen molar-refractivity contribution in [1.82, 2.24) is 14.6 Å². The molecule has 2 rings (SSSR count). The Labute approximate surface area is 112 Å². The Balaban J connectivity index is 2.38. The number of carbonyl (C=O) groups excluding carboxylic acids is 1. The van der Waals surface area contributed by atoms with Crippen LogP contribution < -0.4 is 10.6 Å². The molecule has 7 nitrogen and oxygen atoms in total. The van der Waals surface area contributed by atoms with E-state index < -0.39 is 10.0 Å². The second-order valence-corrected chi connectivity index (χ2v) is 6.00. The van der Waals surface area contributed by atoms with Crippen LogP contribution in [-0.2, 0) is 14.8 Å². The Bertz CT molecular complexity index is 573. The Morgan fingerprint density at radius 2 is 2.26 bits per heavy atom. The van der Waals surface area contributed by atoms with Gasteiger partial charge in [0.05, 0.1) is 12.2 Å². The highest BCUT2D eigenvalue weighted by Gasteiger charge is 2.30. The zero-order valence-electron chi connectivity index (χ0n) is 10.6. The van der Waals surface area contributed by atoms with Crippen molar-refractivity contribution < 1.29 is 13.2 Å². The van der Waals surface area contributed by atoms with E-state index in [-0.39, 0.29) is 17.5 Å². The Morgan fingerprint density at radius 1 is 1.47 bits per heavy atom. The summed E-state index contributed by atoms with van der Waals surface area (Å²) in [5, 5.41) is 5.40. The maximum absolute atomic E-state index is 12.5. The van der Waals surface area contributed by atoms with Crippen LogP contribution >= 0.6 is 0 Å². The predicted molar refractivity (Wildman–Crippen MR) is 70.2 cm³/mol. The summed E-state index contributed by atoms with van der Waals surface area (Å²) in [6, 6.07) is 3.29. The van der Waals surface area contributed by atoms with E-state index >= 15 is 0 Å². The topological polar surface area (TPSA) is 91.4 Å². The molecule has 19 heavy (non-hydrogen) atoms. The minimum Gasteiger partial charge on any atom is -0.386 e. The average Bonchev–Trinajstić information content (AvgIpc) is 2.64. The number of hydrogen-bond donors (Lipinski definition) is 2. The van der Waals surface area contributed by atoms with Crippen molar-refractivity contribution in [3.8, 4) is 0 Å². The van der Waals surface area contributed by atoms with Crippen molar-refractivity contribution in [1.29, 1.82) is 0 Å². The molecule has 1 amide bonds. The molecule has 0 bridgehead atoms. The maximum atomic E-state index is 12.5. The fourth-order valence-electron chi connectivity index (χ4n) is 1.89. The van der Waals surface area contributed by atoms with E-state index in [4.69, 9.17) is 0 Å². The number of amides is 1. The number of hydrogen-bond acceptors (Lipinski definition) is 5. The van der Waals surface area contributed by atoms with Gasteiger partial charge in [-0.2, -0.15) is 4.31 Å². The van der Waals surface area contributed by atoms with E-state index in [0.717, 1.165) is 0 Å². The van der Waals surface area contributed by atoms with Crippen LogP contribution in [0.3, 0.4) is 0 Å². The first-order valence-corrected chi connectivity index (χ1v) is 7.39. The van der Waals surface area contributed by atoms with Crippen LogP contribution in [0.15, 0.2) is 23.4 Å². The zero-order chi connectivity index (χ0) is 13.9. The molecule has 0 unspecified atom stereocenters. The molecule has 8 heteroatoms. The van der Waals surface area contributed by atoms with E-state index in [0.29, 0.717) is 25.2 Å². The Hall–Kier alpha value is -1.67. The third-order valence-corrected chi connectivity index (χ3v) is 4.66. The van der Waals surface area contributed by atoms with Crippen LogP contribution in [0.4, 0.5) is 5.69 Å². The smallest absolute Gasteiger partial charge is 0.263 e. The van der Waals surface area contributed by atoms with Crippen molar-refractivity contribution in [2.24, 2.45) is 0 Å². The fourth-order valence-corrected chi connectivity index (χ4v) is 3.44. The first-order chi connectivity index (χ1) is 9.05. The van der Waals surface area contributed by atoms with E-state index in [9.17, 15) is 13.2 Å². The summed E-state index contributed by atoms with van der Waals surface area (Å²) in [5.41, 5.74) is 0.423. The molecular formula is C11H16N4O3S. The van der Waals surface area contributed by atoms with E-state index in [1.54, 1.807) is 19.2 Å². The van der Waals surface area contributed by atoms with Gasteiger partial charge in [0.25, 0.3) is 10.0 Å². The highest BCUT2D eigenvalue weighted by atomic mass is 32.2. The lowest BCUT2D eigenvalue weighted by molar-refractivity contribution is -0.120. The molecule has 0 atom stereocenters. The van der Waals surface area contributed by atoms with Crippen molar-refractivity contribution in [2.45, 2.75) is 11.4 Å². The quantitative estimate of drug-likeness (QED) is 0.790. The van der Waals surface area contributed by atoms with Gasteiger partial charge in [0.15, 0.2) is 5.03 Å². The predicted octanol–water partition coefficient (Wildman–Crippen LogP) is -0.366. The molecule has 0 spiro atoms. The summed E-state index contributed by atoms with van der Waals surface area (Å²) in [6.07, 6.45) is 2.01. The number of nitrogens with one attached hydrogen (secondary N) is 2. The normalized spacial score (nSPS) is 17.6. The van der Waals surface area contributed by atoms with Gasteiger partial charge in [-0.1, -0.05) is 0 Å². The lowest BCUT2D eigenvalue weighted by atomic mass is 10.4. The number of sulfonamides is 1. The molecule has 2 N–H and O–H groups in total. The molecule has 1 saturated heterocycles. The lowest BCUT2D eigenvalue weighted by Crippen LogP contribution is -2.37. The summed E-state index contributed by atoms with van der Waals surface area (Å²) >= 11 is 0. The second-order valence-electron chi connectivity index (χ2n) is 4.15. The molecule has 1 fully saturated rings. The Morgan fingerprint density at radius 3 is 3.00 bits per heavy atom. The van der Waals surface area contributed by atoms with Crippen LogP contribution in [0.5, 0.6) is 0 Å². The summed E-state index contributed by atoms with van der Waals surface area (Å²) in [7, 11) is -2.13. The van der Waals surface area contributed by atoms with Crippen LogP contribution in [0, 0.1) is 0 Å². The number of nitrogens with zero attached hydrogens (tertiary/aromatic N) is 2. The van der Waals surface area contributed by atoms with Crippen molar-refractivity contribution in [3.63, 3.8) is 0 Å². The number of rotatable bonds is 3. The SMILES string of the molecule is CNc1cccnc1S(=O)(=O)N1CCCNC(=O)C1. The summed E-state index contributed by atoms with van der Waals surface area (Å²) in [4.78, 5) is 15.4. The summed E-state index contributed by atoms with van der Waals surface area (Å²) in [6.45, 7) is 0.634. The highest BCUT2D eigenvalue weighted by Crippen LogP contribution is 2.22. The van der Waals surface area contributed by atoms with Crippen molar-refractivity contribution in [3.05, 3.63) is 18.3 Å². The molecule has 0 aliphatic carbocycles. The first kappa shape index (κ1) is 13.8. The minimum atomic E-state index is -3.76. The molecule has 1 aliphatic heterocycles. The van der Waals surface area contributed by atoms with Gasteiger partial charge in [-0.05, 0) is 18.6 Å². The minimum absolute atomic E-state index is 0.0489. The number of pyridine rings is 1. The van der Waals surface area contributed by atoms with Gasteiger partial charge < -0.3 is 10.6 Å². The van der Waals surface area contributed by atoms with Gasteiger partial charge in [0, 0.05) is 26.3 Å². The van der Waals surface area contributed by atoms with Crippen LogP contribution in [0.25, 0.3) is 0 Å². The molecule has 0 aromatic carbocycles. The fraction of sp³-hybridized carbons (Fsp3) is 0.455. The molecule has 2 heterocycles. The van der Waals surface area contributed by atoms with Gasteiger partial charge in [0.1, 0.15) is 0 Å². The van der Waals surface area contributed by atoms with E-state index in [1.807, 2.05) is 0 Å². The monoisotopic (exact) mass is 284 g/mol. The largest absolute Gasteiger partial charge is 0.386 e. The van der Waals surface area contributed by atoms with Gasteiger partial charge in [-0.3, -0.25) is 4.79 Å². The van der Waals surface area contributed by atoms with Gasteiger partial charge in [-0.15, -0.1) is 0 Å². The number of anilines is 1.